The van der Waals surface area contributed by atoms with Crippen molar-refractivity contribution < 1.29 is 4.39 Å². The van der Waals surface area contributed by atoms with Crippen molar-refractivity contribution in [3.8, 4) is 0 Å². The summed E-state index contributed by atoms with van der Waals surface area (Å²) in [6, 6.07) is 5.21. The third kappa shape index (κ3) is 4.86. The van der Waals surface area contributed by atoms with Gasteiger partial charge in [-0.1, -0.05) is 6.08 Å². The van der Waals surface area contributed by atoms with Crippen molar-refractivity contribution in [1.29, 1.82) is 0 Å². The fourth-order valence-electron chi connectivity index (χ4n) is 2.17. The molecule has 0 radical (unpaired) electrons. The minimum Gasteiger partial charge on any atom is -0.314 e. The fraction of sp³-hybridized carbons (Fsp3) is 0.385. The van der Waals surface area contributed by atoms with E-state index in [9.17, 15) is 4.39 Å². The summed E-state index contributed by atoms with van der Waals surface area (Å²) < 4.78 is 14.9. The number of hydrogen-bond donors (Lipinski definition) is 1. The molecule has 1 aliphatic heterocycles. The smallest absolute Gasteiger partial charge is 0.128 e. The molecule has 0 aromatic heterocycles. The zero-order valence-corrected chi connectivity index (χ0v) is 14.2. The molecule has 0 spiro atoms. The van der Waals surface area contributed by atoms with Gasteiger partial charge in [-0.25, -0.2) is 4.39 Å². The van der Waals surface area contributed by atoms with Crippen LogP contribution in [0.2, 0.25) is 0 Å². The zero-order valence-electron chi connectivity index (χ0n) is 10.4. The predicted molar refractivity (Wildman–Crippen MR) is 91.0 cm³/mol. The standard InChI is InChI=1S/C13H16FIN2.2ClH/c1-2-13(17-7-5-16-6-8-17)11-9-10(15)3-4-12(11)14;;/h2-4,9,13,16H,1,5-8H2;2*1H/t13-;;/m1../s1. The van der Waals surface area contributed by atoms with Crippen LogP contribution in [0.15, 0.2) is 30.9 Å². The maximum Gasteiger partial charge on any atom is 0.128 e. The number of nitrogens with one attached hydrogen (secondary N) is 1. The normalized spacial score (nSPS) is 16.9. The second kappa shape index (κ2) is 9.13. The number of benzene rings is 1. The Morgan fingerprint density at radius 2 is 1.95 bits per heavy atom. The van der Waals surface area contributed by atoms with Crippen LogP contribution < -0.4 is 5.32 Å². The minimum absolute atomic E-state index is 0. The Hall–Kier alpha value is 0.120. The lowest BCUT2D eigenvalue weighted by atomic mass is 10.0. The van der Waals surface area contributed by atoms with Crippen molar-refractivity contribution in [3.05, 3.63) is 45.8 Å². The highest BCUT2D eigenvalue weighted by Gasteiger charge is 2.21. The molecule has 1 aromatic rings. The van der Waals surface area contributed by atoms with Crippen LogP contribution in [0.1, 0.15) is 11.6 Å². The summed E-state index contributed by atoms with van der Waals surface area (Å²) >= 11 is 2.21. The van der Waals surface area contributed by atoms with Crippen molar-refractivity contribution in [1.82, 2.24) is 10.2 Å². The second-order valence-electron chi connectivity index (χ2n) is 4.13. The van der Waals surface area contributed by atoms with Gasteiger partial charge in [0.2, 0.25) is 0 Å². The zero-order chi connectivity index (χ0) is 12.3. The average molecular weight is 419 g/mol. The molecule has 1 heterocycles. The van der Waals surface area contributed by atoms with E-state index in [0.717, 1.165) is 35.3 Å². The molecular weight excluding hydrogens is 401 g/mol. The van der Waals surface area contributed by atoms with Gasteiger partial charge in [-0.15, -0.1) is 31.4 Å². The molecule has 1 saturated heterocycles. The Kier molecular flexibility index (Phi) is 9.19. The highest BCUT2D eigenvalue weighted by molar-refractivity contribution is 14.1. The van der Waals surface area contributed by atoms with E-state index in [4.69, 9.17) is 0 Å². The van der Waals surface area contributed by atoms with Crippen LogP contribution in [0.5, 0.6) is 0 Å². The van der Waals surface area contributed by atoms with E-state index >= 15 is 0 Å². The third-order valence-electron chi connectivity index (χ3n) is 3.04. The average Bonchev–Trinajstić information content (AvgIpc) is 2.36. The molecule has 0 saturated carbocycles. The van der Waals surface area contributed by atoms with Gasteiger partial charge in [0.25, 0.3) is 0 Å². The summed E-state index contributed by atoms with van der Waals surface area (Å²) in [5.74, 6) is -0.145. The van der Waals surface area contributed by atoms with Gasteiger partial charge in [-0.2, -0.15) is 0 Å². The lowest BCUT2D eigenvalue weighted by molar-refractivity contribution is 0.200. The van der Waals surface area contributed by atoms with E-state index in [0.29, 0.717) is 0 Å². The van der Waals surface area contributed by atoms with Crippen molar-refractivity contribution in [2.45, 2.75) is 6.04 Å². The molecule has 2 rings (SSSR count). The summed E-state index contributed by atoms with van der Waals surface area (Å²) in [6.45, 7) is 7.62. The van der Waals surface area contributed by atoms with Gasteiger partial charge in [0.1, 0.15) is 5.82 Å². The Balaban J connectivity index is 0.00000162. The van der Waals surface area contributed by atoms with Gasteiger partial charge in [-0.3, -0.25) is 4.90 Å². The van der Waals surface area contributed by atoms with Crippen LogP contribution in [-0.4, -0.2) is 31.1 Å². The molecule has 0 bridgehead atoms. The van der Waals surface area contributed by atoms with E-state index < -0.39 is 0 Å². The molecule has 6 heteroatoms. The first-order chi connectivity index (χ1) is 8.22. The molecule has 0 unspecified atom stereocenters. The van der Waals surface area contributed by atoms with E-state index in [2.05, 4.69) is 39.4 Å². The lowest BCUT2D eigenvalue weighted by Crippen LogP contribution is -2.44. The maximum absolute atomic E-state index is 13.9. The number of halogens is 4. The third-order valence-corrected chi connectivity index (χ3v) is 3.72. The Morgan fingerprint density at radius 3 is 2.53 bits per heavy atom. The number of nitrogens with zero attached hydrogens (tertiary/aromatic N) is 1. The minimum atomic E-state index is -0.145. The van der Waals surface area contributed by atoms with Crippen LogP contribution in [0.3, 0.4) is 0 Å². The largest absolute Gasteiger partial charge is 0.314 e. The molecule has 2 nitrogen and oxygen atoms in total. The second-order valence-corrected chi connectivity index (χ2v) is 5.38. The first-order valence-electron chi connectivity index (χ1n) is 5.74. The van der Waals surface area contributed by atoms with Gasteiger partial charge in [0.05, 0.1) is 6.04 Å². The van der Waals surface area contributed by atoms with Crippen LogP contribution in [0.25, 0.3) is 0 Å². The number of rotatable bonds is 3. The van der Waals surface area contributed by atoms with Crippen molar-refractivity contribution in [2.24, 2.45) is 0 Å². The Labute approximate surface area is 139 Å². The maximum atomic E-state index is 13.9. The van der Waals surface area contributed by atoms with Gasteiger partial charge in [0.15, 0.2) is 0 Å². The quantitative estimate of drug-likeness (QED) is 0.597. The van der Waals surface area contributed by atoms with Crippen LogP contribution in [-0.2, 0) is 0 Å². The summed E-state index contributed by atoms with van der Waals surface area (Å²) in [5.41, 5.74) is 0.730. The monoisotopic (exact) mass is 418 g/mol. The first kappa shape index (κ1) is 19.1. The van der Waals surface area contributed by atoms with Gasteiger partial charge in [0, 0.05) is 35.3 Å². The van der Waals surface area contributed by atoms with Gasteiger partial charge in [-0.05, 0) is 40.8 Å². The molecular formula is C13H18Cl2FIN2. The Bertz CT molecular complexity index is 412. The van der Waals surface area contributed by atoms with E-state index in [1.54, 1.807) is 6.07 Å². The van der Waals surface area contributed by atoms with Crippen LogP contribution in [0.4, 0.5) is 4.39 Å². The van der Waals surface area contributed by atoms with Gasteiger partial charge >= 0.3 is 0 Å². The van der Waals surface area contributed by atoms with E-state index in [1.165, 1.54) is 6.07 Å². The fourth-order valence-corrected chi connectivity index (χ4v) is 2.69. The summed E-state index contributed by atoms with van der Waals surface area (Å²) in [5, 5.41) is 3.30. The van der Waals surface area contributed by atoms with Crippen LogP contribution in [0, 0.1) is 9.39 Å². The molecule has 1 aromatic carbocycles. The van der Waals surface area contributed by atoms with Crippen molar-refractivity contribution >= 4 is 47.4 Å². The lowest BCUT2D eigenvalue weighted by Gasteiger charge is -2.33. The topological polar surface area (TPSA) is 15.3 Å². The predicted octanol–water partition coefficient (Wildman–Crippen LogP) is 3.41. The highest BCUT2D eigenvalue weighted by Crippen LogP contribution is 2.26. The number of piperazine rings is 1. The van der Waals surface area contributed by atoms with E-state index in [-0.39, 0.29) is 36.7 Å². The van der Waals surface area contributed by atoms with Crippen LogP contribution >= 0.6 is 47.4 Å². The van der Waals surface area contributed by atoms with Crippen molar-refractivity contribution in [2.75, 3.05) is 26.2 Å². The Morgan fingerprint density at radius 1 is 1.32 bits per heavy atom. The first-order valence-corrected chi connectivity index (χ1v) is 6.82. The molecule has 0 amide bonds. The molecule has 1 N–H and O–H groups in total. The SMILES string of the molecule is C=C[C@H](c1cc(I)ccc1F)N1CCNCC1.Cl.Cl. The summed E-state index contributed by atoms with van der Waals surface area (Å²) in [4.78, 5) is 2.26. The molecule has 0 aliphatic carbocycles. The number of hydrogen-bond acceptors (Lipinski definition) is 2. The summed E-state index contributed by atoms with van der Waals surface area (Å²) in [7, 11) is 0. The van der Waals surface area contributed by atoms with Gasteiger partial charge < -0.3 is 5.32 Å². The molecule has 1 aliphatic rings. The molecule has 1 fully saturated rings. The van der Waals surface area contributed by atoms with E-state index in [1.807, 2.05) is 12.1 Å². The van der Waals surface area contributed by atoms with Crippen molar-refractivity contribution in [3.63, 3.8) is 0 Å². The summed E-state index contributed by atoms with van der Waals surface area (Å²) in [6.07, 6.45) is 1.83. The molecule has 108 valence electrons. The molecule has 19 heavy (non-hydrogen) atoms. The molecule has 1 atom stereocenters. The highest BCUT2D eigenvalue weighted by atomic mass is 127.